The average molecular weight is 370 g/mol. The monoisotopic (exact) mass is 370 g/mol. The van der Waals surface area contributed by atoms with Gasteiger partial charge in [-0.25, -0.2) is 0 Å². The molecule has 3 aliphatic heterocycles. The third-order valence-corrected chi connectivity index (χ3v) is 5.75. The van der Waals surface area contributed by atoms with Crippen LogP contribution in [0.15, 0.2) is 18.2 Å². The summed E-state index contributed by atoms with van der Waals surface area (Å²) in [6.07, 6.45) is 3.18. The number of imide groups is 1. The molecular formula is C20H26N4O3. The molecule has 0 radical (unpaired) electrons. The van der Waals surface area contributed by atoms with Gasteiger partial charge in [-0.3, -0.25) is 19.7 Å². The normalized spacial score (nSPS) is 25.5. The third-order valence-electron chi connectivity index (χ3n) is 5.75. The summed E-state index contributed by atoms with van der Waals surface area (Å²) in [4.78, 5) is 37.7. The first-order valence-corrected chi connectivity index (χ1v) is 9.79. The van der Waals surface area contributed by atoms with Gasteiger partial charge in [0, 0.05) is 25.1 Å². The molecule has 1 aromatic rings. The maximum absolute atomic E-state index is 12.7. The smallest absolute Gasteiger partial charge is 0.255 e. The van der Waals surface area contributed by atoms with E-state index >= 15 is 0 Å². The van der Waals surface area contributed by atoms with E-state index in [0.717, 1.165) is 37.3 Å². The molecule has 2 fully saturated rings. The summed E-state index contributed by atoms with van der Waals surface area (Å²) >= 11 is 0. The summed E-state index contributed by atoms with van der Waals surface area (Å²) in [5.41, 5.74) is 2.78. The maximum Gasteiger partial charge on any atom is 0.255 e. The second-order valence-corrected chi connectivity index (χ2v) is 7.73. The average Bonchev–Trinajstić information content (AvgIpc) is 2.99. The van der Waals surface area contributed by atoms with E-state index in [4.69, 9.17) is 0 Å². The minimum atomic E-state index is -0.553. The topological polar surface area (TPSA) is 90.5 Å². The van der Waals surface area contributed by atoms with Gasteiger partial charge >= 0.3 is 0 Å². The van der Waals surface area contributed by atoms with E-state index in [-0.39, 0.29) is 24.1 Å². The van der Waals surface area contributed by atoms with Crippen LogP contribution in [-0.2, 0) is 22.7 Å². The van der Waals surface area contributed by atoms with Crippen molar-refractivity contribution in [3.8, 4) is 0 Å². The minimum Gasteiger partial charge on any atom is -0.322 e. The molecule has 3 N–H and O–H groups in total. The number of hydrogen-bond acceptors (Lipinski definition) is 5. The lowest BCUT2D eigenvalue weighted by Gasteiger charge is -2.29. The van der Waals surface area contributed by atoms with Gasteiger partial charge < -0.3 is 15.5 Å². The molecule has 3 aliphatic rings. The van der Waals surface area contributed by atoms with E-state index in [2.05, 4.69) is 22.0 Å². The van der Waals surface area contributed by atoms with Crippen LogP contribution in [0.2, 0.25) is 0 Å². The Morgan fingerprint density at radius 2 is 2.07 bits per heavy atom. The lowest BCUT2D eigenvalue weighted by Crippen LogP contribution is -2.52. The highest BCUT2D eigenvalue weighted by Gasteiger charge is 2.38. The highest BCUT2D eigenvalue weighted by atomic mass is 16.2. The van der Waals surface area contributed by atoms with Gasteiger partial charge in [-0.05, 0) is 62.0 Å². The van der Waals surface area contributed by atoms with E-state index < -0.39 is 6.04 Å². The number of nitrogens with one attached hydrogen (secondary N) is 3. The van der Waals surface area contributed by atoms with Gasteiger partial charge in [-0.15, -0.1) is 0 Å². The molecule has 2 atom stereocenters. The Balaban J connectivity index is 1.37. The van der Waals surface area contributed by atoms with Crippen molar-refractivity contribution < 1.29 is 14.4 Å². The first-order valence-electron chi connectivity index (χ1n) is 9.79. The Bertz CT molecular complexity index is 758. The zero-order valence-electron chi connectivity index (χ0n) is 15.4. The van der Waals surface area contributed by atoms with Crippen LogP contribution in [0.5, 0.6) is 0 Å². The van der Waals surface area contributed by atoms with Crippen molar-refractivity contribution in [1.29, 1.82) is 0 Å². The number of nitrogens with zero attached hydrogens (tertiary/aromatic N) is 1. The Morgan fingerprint density at radius 3 is 2.85 bits per heavy atom. The molecule has 0 saturated carbocycles. The molecular weight excluding hydrogens is 344 g/mol. The zero-order chi connectivity index (χ0) is 18.8. The van der Waals surface area contributed by atoms with Crippen molar-refractivity contribution in [2.24, 2.45) is 5.92 Å². The molecule has 4 rings (SSSR count). The minimum absolute atomic E-state index is 0.118. The SMILES string of the molecule is O=C1CCC(N2Cc3cc(CNCC4CCCNC4)ccc3C2=O)C(=O)N1. The Labute approximate surface area is 158 Å². The second kappa shape index (κ2) is 7.78. The van der Waals surface area contributed by atoms with Gasteiger partial charge in [0.2, 0.25) is 11.8 Å². The molecule has 0 bridgehead atoms. The second-order valence-electron chi connectivity index (χ2n) is 7.73. The van der Waals surface area contributed by atoms with E-state index in [1.54, 1.807) is 4.90 Å². The fraction of sp³-hybridized carbons (Fsp3) is 0.550. The zero-order valence-corrected chi connectivity index (χ0v) is 15.4. The van der Waals surface area contributed by atoms with Crippen LogP contribution >= 0.6 is 0 Å². The largest absolute Gasteiger partial charge is 0.322 e. The van der Waals surface area contributed by atoms with Crippen molar-refractivity contribution in [3.63, 3.8) is 0 Å². The van der Waals surface area contributed by atoms with E-state index in [9.17, 15) is 14.4 Å². The molecule has 2 unspecified atom stereocenters. The number of fused-ring (bicyclic) bond motifs is 1. The van der Waals surface area contributed by atoms with Gasteiger partial charge in [0.1, 0.15) is 6.04 Å². The van der Waals surface area contributed by atoms with Crippen molar-refractivity contribution in [2.75, 3.05) is 19.6 Å². The number of amides is 3. The fourth-order valence-electron chi connectivity index (χ4n) is 4.26. The standard InChI is InChI=1S/C20H26N4O3/c25-18-6-5-17(19(26)23-18)24-12-15-8-13(3-4-16(15)20(24)27)9-22-11-14-2-1-7-21-10-14/h3-4,8,14,17,21-22H,1-2,5-7,9-12H2,(H,23,25,26). The number of rotatable bonds is 5. The number of carbonyl (C=O) groups excluding carboxylic acids is 3. The molecule has 1 aromatic carbocycles. The molecule has 0 aromatic heterocycles. The quantitative estimate of drug-likeness (QED) is 0.658. The van der Waals surface area contributed by atoms with Gasteiger partial charge in [0.25, 0.3) is 5.91 Å². The molecule has 144 valence electrons. The summed E-state index contributed by atoms with van der Waals surface area (Å²) in [5.74, 6) is -0.0672. The Hall–Kier alpha value is -2.25. The predicted molar refractivity (Wildman–Crippen MR) is 99.8 cm³/mol. The summed E-state index contributed by atoms with van der Waals surface area (Å²) in [6, 6.07) is 5.35. The number of carbonyl (C=O) groups is 3. The van der Waals surface area contributed by atoms with Gasteiger partial charge in [-0.1, -0.05) is 12.1 Å². The van der Waals surface area contributed by atoms with E-state index in [1.165, 1.54) is 12.8 Å². The predicted octanol–water partition coefficient (Wildman–Crippen LogP) is 0.537. The fourth-order valence-corrected chi connectivity index (χ4v) is 4.26. The molecule has 7 nitrogen and oxygen atoms in total. The molecule has 3 amide bonds. The third kappa shape index (κ3) is 3.89. The first kappa shape index (κ1) is 18.1. The summed E-state index contributed by atoms with van der Waals surface area (Å²) in [7, 11) is 0. The summed E-state index contributed by atoms with van der Waals surface area (Å²) in [5, 5.41) is 9.29. The van der Waals surface area contributed by atoms with Crippen molar-refractivity contribution in [3.05, 3.63) is 34.9 Å². The first-order chi connectivity index (χ1) is 13.1. The van der Waals surface area contributed by atoms with E-state index in [1.807, 2.05) is 12.1 Å². The Morgan fingerprint density at radius 1 is 1.19 bits per heavy atom. The molecule has 3 heterocycles. The van der Waals surface area contributed by atoms with Crippen LogP contribution in [-0.4, -0.2) is 48.3 Å². The van der Waals surface area contributed by atoms with Crippen LogP contribution < -0.4 is 16.0 Å². The van der Waals surface area contributed by atoms with E-state index in [0.29, 0.717) is 24.4 Å². The maximum atomic E-state index is 12.7. The molecule has 27 heavy (non-hydrogen) atoms. The van der Waals surface area contributed by atoms with Gasteiger partial charge in [0.05, 0.1) is 0 Å². The molecule has 0 aliphatic carbocycles. The Kier molecular flexibility index (Phi) is 5.22. The molecule has 2 saturated heterocycles. The highest BCUT2D eigenvalue weighted by molar-refractivity contribution is 6.05. The summed E-state index contributed by atoms with van der Waals surface area (Å²) in [6.45, 7) is 4.40. The van der Waals surface area contributed by atoms with Crippen LogP contribution in [0.1, 0.15) is 47.2 Å². The van der Waals surface area contributed by atoms with Crippen molar-refractivity contribution in [1.82, 2.24) is 20.9 Å². The van der Waals surface area contributed by atoms with Crippen LogP contribution in [0, 0.1) is 5.92 Å². The summed E-state index contributed by atoms with van der Waals surface area (Å²) < 4.78 is 0. The van der Waals surface area contributed by atoms with Crippen molar-refractivity contribution in [2.45, 2.75) is 44.8 Å². The van der Waals surface area contributed by atoms with Crippen molar-refractivity contribution >= 4 is 17.7 Å². The number of piperidine rings is 2. The molecule has 7 heteroatoms. The van der Waals surface area contributed by atoms with Crippen LogP contribution in [0.3, 0.4) is 0 Å². The highest BCUT2D eigenvalue weighted by Crippen LogP contribution is 2.28. The van der Waals surface area contributed by atoms with Gasteiger partial charge in [-0.2, -0.15) is 0 Å². The lowest BCUT2D eigenvalue weighted by molar-refractivity contribution is -0.136. The molecule has 0 spiro atoms. The number of benzene rings is 1. The lowest BCUT2D eigenvalue weighted by atomic mass is 9.99. The number of hydrogen-bond donors (Lipinski definition) is 3. The van der Waals surface area contributed by atoms with Crippen LogP contribution in [0.25, 0.3) is 0 Å². The van der Waals surface area contributed by atoms with Gasteiger partial charge in [0.15, 0.2) is 0 Å². The van der Waals surface area contributed by atoms with Crippen LogP contribution in [0.4, 0.5) is 0 Å².